The second kappa shape index (κ2) is 6.53. The molecule has 106 valence electrons. The minimum absolute atomic E-state index is 0.474. The molecule has 1 fully saturated rings. The summed E-state index contributed by atoms with van der Waals surface area (Å²) in [5.41, 5.74) is 10.3. The van der Waals surface area contributed by atoms with E-state index in [-0.39, 0.29) is 0 Å². The number of hydrogen-bond donors (Lipinski definition) is 1. The molecule has 2 heteroatoms. The summed E-state index contributed by atoms with van der Waals surface area (Å²) < 4.78 is 0. The lowest BCUT2D eigenvalue weighted by Crippen LogP contribution is -2.41. The Morgan fingerprint density at radius 3 is 2.53 bits per heavy atom. The third-order valence-corrected chi connectivity index (χ3v) is 4.63. The highest BCUT2D eigenvalue weighted by Gasteiger charge is 2.23. The van der Waals surface area contributed by atoms with Crippen molar-refractivity contribution in [3.63, 3.8) is 0 Å². The number of nitrogens with two attached hydrogens (primary N) is 1. The summed E-state index contributed by atoms with van der Waals surface area (Å²) in [4.78, 5) is 2.63. The van der Waals surface area contributed by atoms with Gasteiger partial charge in [-0.3, -0.25) is 0 Å². The topological polar surface area (TPSA) is 29.3 Å². The van der Waals surface area contributed by atoms with E-state index in [9.17, 15) is 0 Å². The van der Waals surface area contributed by atoms with Crippen molar-refractivity contribution in [3.05, 3.63) is 34.9 Å². The molecule has 2 unspecified atom stereocenters. The molecule has 0 aromatic heterocycles. The summed E-state index contributed by atoms with van der Waals surface area (Å²) >= 11 is 0. The van der Waals surface area contributed by atoms with Crippen LogP contribution < -0.4 is 5.73 Å². The van der Waals surface area contributed by atoms with Gasteiger partial charge in [0.15, 0.2) is 0 Å². The normalized spacial score (nSPS) is 22.4. The first-order chi connectivity index (χ1) is 9.13. The molecule has 1 heterocycles. The highest BCUT2D eigenvalue weighted by molar-refractivity contribution is 5.37. The smallest absolute Gasteiger partial charge is 0.00942 e. The molecule has 1 aliphatic rings. The first-order valence-corrected chi connectivity index (χ1v) is 7.63. The van der Waals surface area contributed by atoms with Crippen LogP contribution in [0.5, 0.6) is 0 Å². The lowest BCUT2D eigenvalue weighted by Gasteiger charge is -2.36. The Hall–Kier alpha value is -0.860. The van der Waals surface area contributed by atoms with E-state index in [1.807, 2.05) is 0 Å². The van der Waals surface area contributed by atoms with Crippen molar-refractivity contribution in [1.82, 2.24) is 4.90 Å². The molecule has 2 atom stereocenters. The molecular weight excluding hydrogens is 232 g/mol. The zero-order chi connectivity index (χ0) is 13.8. The average Bonchev–Trinajstić information content (AvgIpc) is 2.39. The van der Waals surface area contributed by atoms with Crippen molar-refractivity contribution in [2.45, 2.75) is 52.0 Å². The summed E-state index contributed by atoms with van der Waals surface area (Å²) in [6, 6.07) is 7.28. The van der Waals surface area contributed by atoms with Crippen LogP contribution in [0.25, 0.3) is 0 Å². The van der Waals surface area contributed by atoms with Crippen LogP contribution in [0.2, 0.25) is 0 Å². The Morgan fingerprint density at radius 1 is 1.26 bits per heavy atom. The molecule has 0 saturated carbocycles. The third kappa shape index (κ3) is 3.37. The molecule has 0 amide bonds. The second-order valence-electron chi connectivity index (χ2n) is 6.08. The van der Waals surface area contributed by atoms with E-state index in [0.29, 0.717) is 12.0 Å². The predicted molar refractivity (Wildman–Crippen MR) is 82.6 cm³/mol. The zero-order valence-electron chi connectivity index (χ0n) is 12.7. The number of piperidine rings is 1. The largest absolute Gasteiger partial charge is 0.330 e. The molecule has 0 radical (unpaired) electrons. The van der Waals surface area contributed by atoms with Gasteiger partial charge in [0.2, 0.25) is 0 Å². The summed E-state index contributed by atoms with van der Waals surface area (Å²) in [7, 11) is 0. The molecule has 19 heavy (non-hydrogen) atoms. The lowest BCUT2D eigenvalue weighted by atomic mass is 9.89. The maximum absolute atomic E-state index is 6.08. The SMILES string of the molecule is Cc1cccc(C)c1C(CN)CN1CCCCC1C. The van der Waals surface area contributed by atoms with Gasteiger partial charge < -0.3 is 10.6 Å². The van der Waals surface area contributed by atoms with Gasteiger partial charge in [-0.1, -0.05) is 24.6 Å². The van der Waals surface area contributed by atoms with E-state index >= 15 is 0 Å². The van der Waals surface area contributed by atoms with Crippen LogP contribution in [-0.2, 0) is 0 Å². The van der Waals surface area contributed by atoms with Crippen molar-refractivity contribution in [1.29, 1.82) is 0 Å². The van der Waals surface area contributed by atoms with Crippen LogP contribution in [0.4, 0.5) is 0 Å². The van der Waals surface area contributed by atoms with Crippen molar-refractivity contribution < 1.29 is 0 Å². The predicted octanol–water partition coefficient (Wildman–Crippen LogP) is 3.22. The van der Waals surface area contributed by atoms with E-state index in [1.54, 1.807) is 0 Å². The average molecular weight is 260 g/mol. The fourth-order valence-electron chi connectivity index (χ4n) is 3.47. The molecule has 0 aliphatic carbocycles. The standard InChI is InChI=1S/C17H28N2/c1-13-7-6-8-14(2)17(13)16(11-18)12-19-10-5-4-9-15(19)3/h6-8,15-16H,4-5,9-12,18H2,1-3H3. The maximum atomic E-state index is 6.08. The molecule has 1 aliphatic heterocycles. The quantitative estimate of drug-likeness (QED) is 0.900. The van der Waals surface area contributed by atoms with Crippen LogP contribution in [0.1, 0.15) is 48.8 Å². The number of nitrogens with zero attached hydrogens (tertiary/aromatic N) is 1. The van der Waals surface area contributed by atoms with E-state index in [2.05, 4.69) is 43.9 Å². The molecule has 0 bridgehead atoms. The van der Waals surface area contributed by atoms with Gasteiger partial charge in [-0.25, -0.2) is 0 Å². The molecule has 1 saturated heterocycles. The fraction of sp³-hybridized carbons (Fsp3) is 0.647. The Kier molecular flexibility index (Phi) is 5.00. The van der Waals surface area contributed by atoms with E-state index in [4.69, 9.17) is 5.73 Å². The summed E-state index contributed by atoms with van der Waals surface area (Å²) in [5, 5.41) is 0. The number of likely N-dealkylation sites (tertiary alicyclic amines) is 1. The van der Waals surface area contributed by atoms with Gasteiger partial charge in [-0.2, -0.15) is 0 Å². The van der Waals surface area contributed by atoms with Gasteiger partial charge in [-0.05, 0) is 56.8 Å². The molecule has 2 nitrogen and oxygen atoms in total. The van der Waals surface area contributed by atoms with Gasteiger partial charge >= 0.3 is 0 Å². The lowest BCUT2D eigenvalue weighted by molar-refractivity contribution is 0.151. The van der Waals surface area contributed by atoms with Crippen LogP contribution >= 0.6 is 0 Å². The van der Waals surface area contributed by atoms with Gasteiger partial charge in [0.05, 0.1) is 0 Å². The summed E-state index contributed by atoms with van der Waals surface area (Å²) in [5.74, 6) is 0.474. The third-order valence-electron chi connectivity index (χ3n) is 4.63. The second-order valence-corrected chi connectivity index (χ2v) is 6.08. The number of benzene rings is 1. The first-order valence-electron chi connectivity index (χ1n) is 7.63. The highest BCUT2D eigenvalue weighted by Crippen LogP contribution is 2.26. The Morgan fingerprint density at radius 2 is 1.95 bits per heavy atom. The van der Waals surface area contributed by atoms with Crippen molar-refractivity contribution in [3.8, 4) is 0 Å². The van der Waals surface area contributed by atoms with Gasteiger partial charge in [0, 0.05) is 25.0 Å². The van der Waals surface area contributed by atoms with Gasteiger partial charge in [0.1, 0.15) is 0 Å². The molecule has 0 spiro atoms. The van der Waals surface area contributed by atoms with E-state index in [0.717, 1.165) is 13.1 Å². The number of aryl methyl sites for hydroxylation is 2. The minimum atomic E-state index is 0.474. The first kappa shape index (κ1) is 14.5. The Balaban J connectivity index is 2.15. The van der Waals surface area contributed by atoms with Gasteiger partial charge in [-0.15, -0.1) is 0 Å². The Bertz CT molecular complexity index is 393. The van der Waals surface area contributed by atoms with E-state index in [1.165, 1.54) is 42.5 Å². The summed E-state index contributed by atoms with van der Waals surface area (Å²) in [6.07, 6.45) is 4.06. The van der Waals surface area contributed by atoms with Crippen LogP contribution in [-0.4, -0.2) is 30.6 Å². The zero-order valence-corrected chi connectivity index (χ0v) is 12.7. The van der Waals surface area contributed by atoms with Gasteiger partial charge in [0.25, 0.3) is 0 Å². The highest BCUT2D eigenvalue weighted by atomic mass is 15.2. The van der Waals surface area contributed by atoms with Crippen molar-refractivity contribution >= 4 is 0 Å². The van der Waals surface area contributed by atoms with E-state index < -0.39 is 0 Å². The molecule has 1 aromatic carbocycles. The van der Waals surface area contributed by atoms with Crippen molar-refractivity contribution in [2.24, 2.45) is 5.73 Å². The minimum Gasteiger partial charge on any atom is -0.330 e. The monoisotopic (exact) mass is 260 g/mol. The fourth-order valence-corrected chi connectivity index (χ4v) is 3.47. The number of rotatable bonds is 4. The molecule has 2 N–H and O–H groups in total. The van der Waals surface area contributed by atoms with Crippen molar-refractivity contribution in [2.75, 3.05) is 19.6 Å². The molecule has 1 aromatic rings. The van der Waals surface area contributed by atoms with Crippen LogP contribution in [0.15, 0.2) is 18.2 Å². The van der Waals surface area contributed by atoms with Crippen LogP contribution in [0, 0.1) is 13.8 Å². The molecule has 2 rings (SSSR count). The number of hydrogen-bond acceptors (Lipinski definition) is 2. The maximum Gasteiger partial charge on any atom is 0.00942 e. The van der Waals surface area contributed by atoms with Crippen LogP contribution in [0.3, 0.4) is 0 Å². The Labute approximate surface area is 118 Å². The molecular formula is C17H28N2. The summed E-state index contributed by atoms with van der Waals surface area (Å²) in [6.45, 7) is 9.88.